The molecule has 0 bridgehead atoms. The number of ether oxygens (including phenoxy) is 1. The van der Waals surface area contributed by atoms with E-state index in [1.807, 2.05) is 24.3 Å². The van der Waals surface area contributed by atoms with Crippen LogP contribution in [0.2, 0.25) is 0 Å². The largest absolute Gasteiger partial charge is 0.374 e. The molecule has 33 heavy (non-hydrogen) atoms. The average Bonchev–Trinajstić information content (AvgIpc) is 2.85. The van der Waals surface area contributed by atoms with Crippen LogP contribution < -0.4 is 0 Å². The van der Waals surface area contributed by atoms with Crippen LogP contribution in [-0.4, -0.2) is 13.2 Å². The van der Waals surface area contributed by atoms with Crippen molar-refractivity contribution in [3.63, 3.8) is 0 Å². The van der Waals surface area contributed by atoms with Crippen LogP contribution in [0, 0.1) is 23.5 Å². The van der Waals surface area contributed by atoms with Crippen molar-refractivity contribution in [2.75, 3.05) is 7.11 Å². The third-order valence-electron chi connectivity index (χ3n) is 7.36. The lowest BCUT2D eigenvalue weighted by Crippen LogP contribution is -2.18. The standard InChI is InChI=1S/C29H33F3O/c1-3-19-6-11-22(12-7-19)24-15-16-25(29(32)28(24)31)23-13-8-20(9-14-23)4-5-21-10-17-27(33-2)26(30)18-21/h4-7,11-12,15-16,18,20-21,23,27H,3,8-10,13-14,17H2,1-2H3/b5-4+. The van der Waals surface area contributed by atoms with Crippen LogP contribution in [0.25, 0.3) is 11.1 Å². The molecule has 2 aromatic rings. The van der Waals surface area contributed by atoms with Crippen molar-refractivity contribution in [1.82, 2.24) is 0 Å². The summed E-state index contributed by atoms with van der Waals surface area (Å²) in [4.78, 5) is 0. The minimum atomic E-state index is -0.751. The van der Waals surface area contributed by atoms with Gasteiger partial charge in [0.25, 0.3) is 0 Å². The molecular formula is C29H33F3O. The zero-order valence-electron chi connectivity index (χ0n) is 19.5. The maximum absolute atomic E-state index is 15.0. The molecule has 0 saturated heterocycles. The first-order chi connectivity index (χ1) is 16.0. The summed E-state index contributed by atoms with van der Waals surface area (Å²) in [6.07, 6.45) is 11.6. The summed E-state index contributed by atoms with van der Waals surface area (Å²) in [6.45, 7) is 2.07. The predicted octanol–water partition coefficient (Wildman–Crippen LogP) is 8.30. The van der Waals surface area contributed by atoms with Gasteiger partial charge < -0.3 is 4.74 Å². The van der Waals surface area contributed by atoms with E-state index < -0.39 is 17.7 Å². The van der Waals surface area contributed by atoms with Crippen molar-refractivity contribution < 1.29 is 17.9 Å². The van der Waals surface area contributed by atoms with E-state index in [0.717, 1.165) is 38.5 Å². The van der Waals surface area contributed by atoms with Crippen LogP contribution >= 0.6 is 0 Å². The SMILES string of the molecule is CCc1ccc(-c2ccc(C3CCC(/C=C/C4C=C(F)C(OC)CC4)CC3)c(F)c2F)cc1. The minimum Gasteiger partial charge on any atom is -0.374 e. The van der Waals surface area contributed by atoms with Gasteiger partial charge in [0.2, 0.25) is 0 Å². The molecule has 0 radical (unpaired) electrons. The van der Waals surface area contributed by atoms with E-state index in [1.165, 1.54) is 5.56 Å². The average molecular weight is 455 g/mol. The van der Waals surface area contributed by atoms with Gasteiger partial charge in [0.15, 0.2) is 11.6 Å². The highest BCUT2D eigenvalue weighted by atomic mass is 19.2. The Morgan fingerprint density at radius 1 is 0.848 bits per heavy atom. The molecule has 1 saturated carbocycles. The van der Waals surface area contributed by atoms with Crippen LogP contribution in [0.4, 0.5) is 13.2 Å². The Morgan fingerprint density at radius 3 is 2.21 bits per heavy atom. The number of methoxy groups -OCH3 is 1. The second-order valence-corrected chi connectivity index (χ2v) is 9.39. The smallest absolute Gasteiger partial charge is 0.166 e. The third-order valence-corrected chi connectivity index (χ3v) is 7.36. The Kier molecular flexibility index (Phi) is 7.75. The predicted molar refractivity (Wildman–Crippen MR) is 128 cm³/mol. The summed E-state index contributed by atoms with van der Waals surface area (Å²) in [5.41, 5.74) is 2.69. The van der Waals surface area contributed by atoms with Gasteiger partial charge in [-0.05, 0) is 85.5 Å². The molecular weight excluding hydrogens is 421 g/mol. The molecule has 2 aliphatic carbocycles. The molecule has 0 spiro atoms. The number of aryl methyl sites for hydroxylation is 1. The van der Waals surface area contributed by atoms with Gasteiger partial charge in [-0.25, -0.2) is 13.2 Å². The van der Waals surface area contributed by atoms with Crippen molar-refractivity contribution in [3.05, 3.63) is 83.2 Å². The van der Waals surface area contributed by atoms with E-state index in [-0.39, 0.29) is 17.7 Å². The van der Waals surface area contributed by atoms with Crippen LogP contribution in [0.1, 0.15) is 62.5 Å². The van der Waals surface area contributed by atoms with E-state index in [2.05, 4.69) is 19.1 Å². The van der Waals surface area contributed by atoms with Gasteiger partial charge in [-0.3, -0.25) is 0 Å². The van der Waals surface area contributed by atoms with Gasteiger partial charge in [-0.1, -0.05) is 55.5 Å². The first-order valence-electron chi connectivity index (χ1n) is 12.2. The maximum Gasteiger partial charge on any atom is 0.166 e. The fourth-order valence-electron chi connectivity index (χ4n) is 5.20. The topological polar surface area (TPSA) is 9.23 Å². The van der Waals surface area contributed by atoms with E-state index in [9.17, 15) is 8.78 Å². The van der Waals surface area contributed by atoms with Crippen LogP contribution in [-0.2, 0) is 11.2 Å². The molecule has 2 aromatic carbocycles. The van der Waals surface area contributed by atoms with Crippen molar-refractivity contribution in [3.8, 4) is 11.1 Å². The summed E-state index contributed by atoms with van der Waals surface area (Å²) >= 11 is 0. The van der Waals surface area contributed by atoms with Crippen molar-refractivity contribution in [2.45, 2.75) is 63.9 Å². The quantitative estimate of drug-likeness (QED) is 0.399. The fourth-order valence-corrected chi connectivity index (χ4v) is 5.20. The Hall–Kier alpha value is -2.33. The second kappa shape index (κ2) is 10.7. The second-order valence-electron chi connectivity index (χ2n) is 9.39. The summed E-state index contributed by atoms with van der Waals surface area (Å²) < 4.78 is 49.1. The van der Waals surface area contributed by atoms with Gasteiger partial charge >= 0.3 is 0 Å². The van der Waals surface area contributed by atoms with Crippen LogP contribution in [0.15, 0.2) is 60.5 Å². The zero-order chi connectivity index (χ0) is 23.4. The number of hydrogen-bond acceptors (Lipinski definition) is 1. The Balaban J connectivity index is 1.38. The van der Waals surface area contributed by atoms with E-state index in [1.54, 1.807) is 25.3 Å². The van der Waals surface area contributed by atoms with Gasteiger partial charge in [0.05, 0.1) is 0 Å². The molecule has 0 N–H and O–H groups in total. The molecule has 2 aliphatic rings. The Labute approximate surface area is 195 Å². The monoisotopic (exact) mass is 454 g/mol. The van der Waals surface area contributed by atoms with E-state index in [4.69, 9.17) is 4.74 Å². The van der Waals surface area contributed by atoms with Gasteiger partial charge in [-0.2, -0.15) is 0 Å². The Bertz CT molecular complexity index is 1000. The zero-order valence-corrected chi connectivity index (χ0v) is 19.5. The fraction of sp³-hybridized carbons (Fsp3) is 0.448. The molecule has 0 aromatic heterocycles. The number of allylic oxidation sites excluding steroid dienone is 3. The minimum absolute atomic E-state index is 0.0372. The van der Waals surface area contributed by atoms with Crippen molar-refractivity contribution in [1.29, 1.82) is 0 Å². The van der Waals surface area contributed by atoms with Gasteiger partial charge in [0, 0.05) is 12.7 Å². The third kappa shape index (κ3) is 5.43. The van der Waals surface area contributed by atoms with Gasteiger partial charge in [-0.15, -0.1) is 0 Å². The molecule has 2 unspecified atom stereocenters. The maximum atomic E-state index is 15.0. The highest BCUT2D eigenvalue weighted by Gasteiger charge is 2.26. The van der Waals surface area contributed by atoms with Crippen molar-refractivity contribution in [2.24, 2.45) is 11.8 Å². The highest BCUT2D eigenvalue weighted by molar-refractivity contribution is 5.65. The van der Waals surface area contributed by atoms with Gasteiger partial charge in [0.1, 0.15) is 11.9 Å². The first kappa shape index (κ1) is 23.8. The molecule has 4 heteroatoms. The lowest BCUT2D eigenvalue weighted by atomic mass is 9.77. The molecule has 1 fully saturated rings. The highest BCUT2D eigenvalue weighted by Crippen LogP contribution is 2.39. The lowest BCUT2D eigenvalue weighted by molar-refractivity contribution is 0.0944. The first-order valence-corrected chi connectivity index (χ1v) is 12.2. The molecule has 0 heterocycles. The number of benzene rings is 2. The summed E-state index contributed by atoms with van der Waals surface area (Å²) in [5, 5.41) is 0. The number of rotatable bonds is 6. The van der Waals surface area contributed by atoms with E-state index >= 15 is 4.39 Å². The van der Waals surface area contributed by atoms with Crippen molar-refractivity contribution >= 4 is 0 Å². The molecule has 4 rings (SSSR count). The summed E-state index contributed by atoms with van der Waals surface area (Å²) in [7, 11) is 1.54. The molecule has 2 atom stereocenters. The normalized spacial score (nSPS) is 25.9. The molecule has 0 amide bonds. The van der Waals surface area contributed by atoms with E-state index in [0.29, 0.717) is 29.0 Å². The Morgan fingerprint density at radius 2 is 1.58 bits per heavy atom. The number of hydrogen-bond donors (Lipinski definition) is 0. The van der Waals surface area contributed by atoms with Crippen LogP contribution in [0.5, 0.6) is 0 Å². The summed E-state index contributed by atoms with van der Waals surface area (Å²) in [5.74, 6) is -1.08. The molecule has 176 valence electrons. The molecule has 1 nitrogen and oxygen atoms in total. The lowest BCUT2D eigenvalue weighted by Gasteiger charge is -2.28. The van der Waals surface area contributed by atoms with Crippen LogP contribution in [0.3, 0.4) is 0 Å². The molecule has 0 aliphatic heterocycles. The number of halogens is 3. The summed E-state index contributed by atoms with van der Waals surface area (Å²) in [6, 6.07) is 11.1.